The van der Waals surface area contributed by atoms with Crippen LogP contribution in [0.15, 0.2) is 29.4 Å². The lowest BCUT2D eigenvalue weighted by Crippen LogP contribution is -3.12. The molecular formula is C17H23N6O2S+. The van der Waals surface area contributed by atoms with Crippen LogP contribution in [0.5, 0.6) is 0 Å². The van der Waals surface area contributed by atoms with Crippen LogP contribution in [0.2, 0.25) is 0 Å². The van der Waals surface area contributed by atoms with Crippen LogP contribution in [0.1, 0.15) is 24.4 Å². The van der Waals surface area contributed by atoms with E-state index < -0.39 is 0 Å². The summed E-state index contributed by atoms with van der Waals surface area (Å²) in [4.78, 5) is 13.7. The molecule has 1 aliphatic heterocycles. The Hall–Kier alpha value is -1.97. The molecule has 0 spiro atoms. The van der Waals surface area contributed by atoms with Crippen molar-refractivity contribution in [3.63, 3.8) is 0 Å². The number of anilines is 1. The highest BCUT2D eigenvalue weighted by Crippen LogP contribution is 2.36. The average molecular weight is 375 g/mol. The molecule has 1 saturated heterocycles. The van der Waals surface area contributed by atoms with Gasteiger partial charge in [-0.2, -0.15) is 0 Å². The number of rotatable bonds is 7. The van der Waals surface area contributed by atoms with E-state index in [1.54, 1.807) is 0 Å². The maximum atomic E-state index is 12.2. The second kappa shape index (κ2) is 8.15. The Balaban J connectivity index is 1.25. The molecule has 26 heavy (non-hydrogen) atoms. The average Bonchev–Trinajstić information content (AvgIpc) is 3.40. The number of tetrazole rings is 1. The number of nitrogens with one attached hydrogen (secondary N) is 2. The number of amides is 1. The maximum absolute atomic E-state index is 12.2. The number of morpholine rings is 1. The van der Waals surface area contributed by atoms with E-state index in [9.17, 15) is 4.79 Å². The van der Waals surface area contributed by atoms with Crippen LogP contribution in [0, 0.1) is 0 Å². The van der Waals surface area contributed by atoms with Crippen molar-refractivity contribution >= 4 is 23.4 Å². The van der Waals surface area contributed by atoms with E-state index in [0.29, 0.717) is 17.0 Å². The molecule has 2 N–H and O–H groups in total. The van der Waals surface area contributed by atoms with E-state index >= 15 is 0 Å². The smallest absolute Gasteiger partial charge is 0.234 e. The first-order chi connectivity index (χ1) is 12.8. The van der Waals surface area contributed by atoms with Gasteiger partial charge in [-0.25, -0.2) is 4.68 Å². The van der Waals surface area contributed by atoms with Crippen molar-refractivity contribution in [1.29, 1.82) is 0 Å². The van der Waals surface area contributed by atoms with Crippen LogP contribution < -0.4 is 10.2 Å². The van der Waals surface area contributed by atoms with Crippen LogP contribution in [-0.2, 0) is 16.1 Å². The predicted molar refractivity (Wildman–Crippen MR) is 97.1 cm³/mol. The molecule has 9 heteroatoms. The molecule has 1 aromatic heterocycles. The van der Waals surface area contributed by atoms with Crippen molar-refractivity contribution < 1.29 is 14.4 Å². The Morgan fingerprint density at radius 3 is 2.77 bits per heavy atom. The van der Waals surface area contributed by atoms with Crippen LogP contribution in [0.25, 0.3) is 0 Å². The minimum Gasteiger partial charge on any atom is -0.370 e. The van der Waals surface area contributed by atoms with E-state index in [1.807, 2.05) is 16.8 Å². The molecule has 138 valence electrons. The Kier molecular flexibility index (Phi) is 5.47. The summed E-state index contributed by atoms with van der Waals surface area (Å²) in [5.41, 5.74) is 2.09. The molecule has 0 atom stereocenters. The summed E-state index contributed by atoms with van der Waals surface area (Å²) < 4.78 is 7.21. The largest absolute Gasteiger partial charge is 0.370 e. The third-order valence-electron chi connectivity index (χ3n) is 4.58. The Bertz CT molecular complexity index is 740. The molecule has 2 aliphatic rings. The zero-order chi connectivity index (χ0) is 17.8. The number of thioether (sulfide) groups is 1. The normalized spacial score (nSPS) is 18.0. The van der Waals surface area contributed by atoms with E-state index in [0.717, 1.165) is 51.4 Å². The number of hydrogen-bond acceptors (Lipinski definition) is 6. The Labute approximate surface area is 156 Å². The van der Waals surface area contributed by atoms with Gasteiger partial charge in [0.1, 0.15) is 19.6 Å². The summed E-state index contributed by atoms with van der Waals surface area (Å²) in [5, 5.41) is 15.3. The number of carbonyl (C=O) groups excluding carboxylic acids is 1. The third-order valence-corrected chi connectivity index (χ3v) is 5.51. The molecule has 2 fully saturated rings. The number of carbonyl (C=O) groups is 1. The predicted octanol–water partition coefficient (Wildman–Crippen LogP) is 0.154. The summed E-state index contributed by atoms with van der Waals surface area (Å²) in [6, 6.07) is 8.51. The lowest BCUT2D eigenvalue weighted by molar-refractivity contribution is -0.921. The van der Waals surface area contributed by atoms with Gasteiger partial charge in [0.25, 0.3) is 0 Å². The van der Waals surface area contributed by atoms with Crippen LogP contribution >= 0.6 is 11.8 Å². The summed E-state index contributed by atoms with van der Waals surface area (Å²) >= 11 is 1.38. The molecule has 4 rings (SSSR count). The van der Waals surface area contributed by atoms with Crippen molar-refractivity contribution in [2.75, 3.05) is 37.4 Å². The van der Waals surface area contributed by atoms with E-state index in [1.165, 1.54) is 22.2 Å². The fourth-order valence-electron chi connectivity index (χ4n) is 2.99. The number of ether oxygens (including phenoxy) is 1. The summed E-state index contributed by atoms with van der Waals surface area (Å²) in [6.45, 7) is 4.78. The van der Waals surface area contributed by atoms with Gasteiger partial charge in [-0.1, -0.05) is 23.9 Å². The van der Waals surface area contributed by atoms with Gasteiger partial charge in [0.05, 0.1) is 25.0 Å². The number of hydrogen-bond donors (Lipinski definition) is 2. The number of benzene rings is 1. The van der Waals surface area contributed by atoms with Gasteiger partial charge in [0.2, 0.25) is 11.1 Å². The molecule has 1 saturated carbocycles. The SMILES string of the molecule is O=C(CSc1nnnn1C1CC1)Nc1ccc(C[NH+]2CCOCC2)cc1. The lowest BCUT2D eigenvalue weighted by atomic mass is 10.2. The fourth-order valence-corrected chi connectivity index (χ4v) is 3.73. The monoisotopic (exact) mass is 375 g/mol. The van der Waals surface area contributed by atoms with Crippen LogP contribution in [0.4, 0.5) is 5.69 Å². The topological polar surface area (TPSA) is 86.4 Å². The van der Waals surface area contributed by atoms with Crippen molar-refractivity contribution in [2.45, 2.75) is 30.6 Å². The first-order valence-electron chi connectivity index (χ1n) is 8.99. The van der Waals surface area contributed by atoms with E-state index in [4.69, 9.17) is 4.74 Å². The number of aromatic nitrogens is 4. The molecular weight excluding hydrogens is 352 g/mol. The van der Waals surface area contributed by atoms with E-state index in [-0.39, 0.29) is 5.91 Å². The van der Waals surface area contributed by atoms with Crippen molar-refractivity contribution in [3.8, 4) is 0 Å². The fraction of sp³-hybridized carbons (Fsp3) is 0.529. The minimum atomic E-state index is -0.0492. The summed E-state index contributed by atoms with van der Waals surface area (Å²) in [7, 11) is 0. The zero-order valence-corrected chi connectivity index (χ0v) is 15.4. The van der Waals surface area contributed by atoms with Crippen molar-refractivity contribution in [2.24, 2.45) is 0 Å². The highest BCUT2D eigenvalue weighted by molar-refractivity contribution is 7.99. The molecule has 2 aromatic rings. The van der Waals surface area contributed by atoms with Crippen LogP contribution in [0.3, 0.4) is 0 Å². The van der Waals surface area contributed by atoms with Crippen LogP contribution in [-0.4, -0.2) is 58.2 Å². The Morgan fingerprint density at radius 1 is 1.27 bits per heavy atom. The summed E-state index contributed by atoms with van der Waals surface area (Å²) in [6.07, 6.45) is 2.23. The lowest BCUT2D eigenvalue weighted by Gasteiger charge is -2.23. The third kappa shape index (κ3) is 4.60. The van der Waals surface area contributed by atoms with Gasteiger partial charge in [-0.15, -0.1) is 5.10 Å². The van der Waals surface area contributed by atoms with Gasteiger partial charge >= 0.3 is 0 Å². The second-order valence-electron chi connectivity index (χ2n) is 6.71. The second-order valence-corrected chi connectivity index (χ2v) is 7.65. The summed E-state index contributed by atoms with van der Waals surface area (Å²) in [5.74, 6) is 0.249. The number of quaternary nitrogens is 1. The molecule has 1 aromatic carbocycles. The molecule has 0 radical (unpaired) electrons. The molecule has 2 heterocycles. The van der Waals surface area contributed by atoms with Gasteiger partial charge in [-0.05, 0) is 35.4 Å². The maximum Gasteiger partial charge on any atom is 0.234 e. The van der Waals surface area contributed by atoms with Gasteiger partial charge < -0.3 is 15.0 Å². The molecule has 1 aliphatic carbocycles. The molecule has 1 amide bonds. The molecule has 8 nitrogen and oxygen atoms in total. The highest BCUT2D eigenvalue weighted by atomic mass is 32.2. The van der Waals surface area contributed by atoms with Gasteiger partial charge in [0.15, 0.2) is 0 Å². The molecule has 0 bridgehead atoms. The van der Waals surface area contributed by atoms with Crippen molar-refractivity contribution in [1.82, 2.24) is 20.2 Å². The molecule has 0 unspecified atom stereocenters. The van der Waals surface area contributed by atoms with E-state index in [2.05, 4.69) is 33.0 Å². The first kappa shape index (κ1) is 17.4. The van der Waals surface area contributed by atoms with Gasteiger partial charge in [0, 0.05) is 11.3 Å². The first-order valence-corrected chi connectivity index (χ1v) is 9.97. The minimum absolute atomic E-state index is 0.0492. The quantitative estimate of drug-likeness (QED) is 0.670. The number of nitrogens with zero attached hydrogens (tertiary/aromatic N) is 4. The Morgan fingerprint density at radius 2 is 2.04 bits per heavy atom. The van der Waals surface area contributed by atoms with Crippen molar-refractivity contribution in [3.05, 3.63) is 29.8 Å². The van der Waals surface area contributed by atoms with Gasteiger partial charge in [-0.3, -0.25) is 4.79 Å². The standard InChI is InChI=1S/C17H22N6O2S/c24-16(12-26-17-19-20-21-23(17)15-5-6-15)18-14-3-1-13(2-4-14)11-22-7-9-25-10-8-22/h1-4,15H,5-12H2,(H,18,24)/p+1. The highest BCUT2D eigenvalue weighted by Gasteiger charge is 2.28. The zero-order valence-electron chi connectivity index (χ0n) is 14.6.